The first-order valence-corrected chi connectivity index (χ1v) is 10.7. The van der Waals surface area contributed by atoms with E-state index in [0.29, 0.717) is 40.6 Å². The van der Waals surface area contributed by atoms with Crippen LogP contribution < -0.4 is 10.5 Å². The summed E-state index contributed by atoms with van der Waals surface area (Å²) in [6.45, 7) is 6.89. The first-order chi connectivity index (χ1) is 13.9. The molecule has 2 N–H and O–H groups in total. The molecule has 3 aromatic rings. The number of likely N-dealkylation sites (tertiary alicyclic amines) is 1. The van der Waals surface area contributed by atoms with Crippen molar-refractivity contribution in [3.8, 4) is 5.75 Å². The number of nitrogens with one attached hydrogen (secondary N) is 1. The maximum absolute atomic E-state index is 12.9. The van der Waals surface area contributed by atoms with Crippen LogP contribution in [0.3, 0.4) is 0 Å². The van der Waals surface area contributed by atoms with Gasteiger partial charge in [0.2, 0.25) is 0 Å². The lowest BCUT2D eigenvalue weighted by molar-refractivity contribution is -0.922. The van der Waals surface area contributed by atoms with Crippen LogP contribution in [0.1, 0.15) is 42.0 Å². The lowest BCUT2D eigenvalue weighted by atomic mass is 9.97. The third kappa shape index (κ3) is 4.05. The van der Waals surface area contributed by atoms with Crippen molar-refractivity contribution < 1.29 is 14.4 Å². The van der Waals surface area contributed by atoms with E-state index in [2.05, 4.69) is 6.92 Å². The number of hydrogen-bond acceptors (Lipinski definition) is 3. The molecule has 29 heavy (non-hydrogen) atoms. The number of phenolic OH excluding ortho intramolecular Hbond substituents is 1. The summed E-state index contributed by atoms with van der Waals surface area (Å²) in [5.41, 5.74) is 3.32. The SMILES string of the molecule is Cc1c(Cc2ccccc2)c(=O)oc2c(C[NH+]3CCC[C@@H](C)C3)c(O)c(Cl)cc12. The van der Waals surface area contributed by atoms with Gasteiger partial charge in [0, 0.05) is 23.3 Å². The fourth-order valence-corrected chi connectivity index (χ4v) is 4.74. The van der Waals surface area contributed by atoms with Crippen LogP contribution in [0.25, 0.3) is 11.0 Å². The summed E-state index contributed by atoms with van der Waals surface area (Å²) in [5.74, 6) is 0.681. The van der Waals surface area contributed by atoms with Gasteiger partial charge in [-0.1, -0.05) is 48.9 Å². The van der Waals surface area contributed by atoms with E-state index in [4.69, 9.17) is 16.0 Å². The molecule has 1 aliphatic rings. The molecule has 1 unspecified atom stereocenters. The highest BCUT2D eigenvalue weighted by molar-refractivity contribution is 6.33. The van der Waals surface area contributed by atoms with Gasteiger partial charge in [0.25, 0.3) is 0 Å². The quantitative estimate of drug-likeness (QED) is 0.639. The first kappa shape index (κ1) is 20.0. The van der Waals surface area contributed by atoms with E-state index >= 15 is 0 Å². The fourth-order valence-electron chi connectivity index (χ4n) is 4.52. The van der Waals surface area contributed by atoms with Crippen molar-refractivity contribution in [2.24, 2.45) is 5.92 Å². The highest BCUT2D eigenvalue weighted by Gasteiger charge is 2.25. The number of quaternary nitrogens is 1. The summed E-state index contributed by atoms with van der Waals surface area (Å²) in [5, 5.41) is 11.8. The molecule has 1 fully saturated rings. The van der Waals surface area contributed by atoms with Crippen molar-refractivity contribution in [1.29, 1.82) is 0 Å². The van der Waals surface area contributed by atoms with Gasteiger partial charge in [-0.25, -0.2) is 4.79 Å². The Morgan fingerprint density at radius 2 is 2.00 bits per heavy atom. The summed E-state index contributed by atoms with van der Waals surface area (Å²) in [6.07, 6.45) is 2.91. The number of phenols is 1. The minimum Gasteiger partial charge on any atom is -0.506 e. The van der Waals surface area contributed by atoms with E-state index in [1.165, 1.54) is 17.7 Å². The molecule has 0 aliphatic carbocycles. The zero-order valence-electron chi connectivity index (χ0n) is 16.9. The molecule has 1 aliphatic heterocycles. The second kappa shape index (κ2) is 8.21. The van der Waals surface area contributed by atoms with Gasteiger partial charge < -0.3 is 14.4 Å². The number of fused-ring (bicyclic) bond motifs is 1. The Bertz CT molecular complexity index is 1090. The fraction of sp³-hybridized carbons (Fsp3) is 0.375. The van der Waals surface area contributed by atoms with Crippen molar-refractivity contribution in [2.75, 3.05) is 13.1 Å². The molecule has 152 valence electrons. The van der Waals surface area contributed by atoms with Crippen LogP contribution in [-0.4, -0.2) is 18.2 Å². The summed E-state index contributed by atoms with van der Waals surface area (Å²) in [6, 6.07) is 11.6. The monoisotopic (exact) mass is 412 g/mol. The largest absolute Gasteiger partial charge is 0.506 e. The van der Waals surface area contributed by atoms with Crippen LogP contribution in [-0.2, 0) is 13.0 Å². The Labute approximate surface area is 175 Å². The number of rotatable bonds is 4. The average molecular weight is 413 g/mol. The predicted octanol–water partition coefficient (Wildman–Crippen LogP) is 3.87. The zero-order chi connectivity index (χ0) is 20.5. The number of aryl methyl sites for hydroxylation is 1. The van der Waals surface area contributed by atoms with E-state index in [0.717, 1.165) is 29.6 Å². The number of hydrogen-bond donors (Lipinski definition) is 2. The summed E-state index contributed by atoms with van der Waals surface area (Å²) < 4.78 is 5.79. The molecule has 0 radical (unpaired) electrons. The van der Waals surface area contributed by atoms with Gasteiger partial charge in [-0.05, 0) is 37.0 Å². The summed E-state index contributed by atoms with van der Waals surface area (Å²) >= 11 is 6.38. The molecule has 0 saturated carbocycles. The van der Waals surface area contributed by atoms with E-state index in [9.17, 15) is 9.90 Å². The van der Waals surface area contributed by atoms with Crippen molar-refractivity contribution >= 4 is 22.6 Å². The van der Waals surface area contributed by atoms with Crippen LogP contribution in [0.5, 0.6) is 5.75 Å². The molecule has 1 aromatic heterocycles. The van der Waals surface area contributed by atoms with E-state index in [-0.39, 0.29) is 11.4 Å². The van der Waals surface area contributed by atoms with Crippen LogP contribution in [0, 0.1) is 12.8 Å². The average Bonchev–Trinajstić information content (AvgIpc) is 2.71. The highest BCUT2D eigenvalue weighted by atomic mass is 35.5. The van der Waals surface area contributed by atoms with Crippen LogP contribution in [0.2, 0.25) is 5.02 Å². The van der Waals surface area contributed by atoms with Gasteiger partial charge in [0.1, 0.15) is 12.3 Å². The number of halogens is 1. The van der Waals surface area contributed by atoms with Crippen LogP contribution in [0.15, 0.2) is 45.6 Å². The van der Waals surface area contributed by atoms with E-state index < -0.39 is 0 Å². The first-order valence-electron chi connectivity index (χ1n) is 10.3. The van der Waals surface area contributed by atoms with Crippen molar-refractivity contribution in [3.63, 3.8) is 0 Å². The Morgan fingerprint density at radius 3 is 2.72 bits per heavy atom. The molecule has 2 aromatic carbocycles. The van der Waals surface area contributed by atoms with Gasteiger partial charge in [-0.3, -0.25) is 0 Å². The second-order valence-corrected chi connectivity index (χ2v) is 8.75. The zero-order valence-corrected chi connectivity index (χ0v) is 17.7. The standard InChI is InChI=1S/C24H26ClNO3/c1-15-7-6-10-26(13-15)14-20-22(27)21(25)12-18-16(2)19(24(28)29-23(18)20)11-17-8-4-3-5-9-17/h3-5,8-9,12,15,27H,6-7,10-11,13-14H2,1-2H3/p+1/t15-/m1/s1. The number of aromatic hydroxyl groups is 1. The minimum absolute atomic E-state index is 0.0308. The predicted molar refractivity (Wildman–Crippen MR) is 116 cm³/mol. The van der Waals surface area contributed by atoms with Gasteiger partial charge in [-0.15, -0.1) is 0 Å². The Morgan fingerprint density at radius 1 is 1.24 bits per heavy atom. The second-order valence-electron chi connectivity index (χ2n) is 8.35. The molecular formula is C24H27ClNO3+. The van der Waals surface area contributed by atoms with Crippen molar-refractivity contribution in [1.82, 2.24) is 0 Å². The normalized spacial score (nSPS) is 19.6. The molecule has 2 atom stereocenters. The molecule has 2 heterocycles. The topological polar surface area (TPSA) is 54.9 Å². The summed E-state index contributed by atoms with van der Waals surface area (Å²) in [7, 11) is 0. The molecule has 0 spiro atoms. The maximum Gasteiger partial charge on any atom is 0.340 e. The molecule has 5 heteroatoms. The van der Waals surface area contributed by atoms with Crippen molar-refractivity contribution in [2.45, 2.75) is 39.7 Å². The molecule has 4 rings (SSSR count). The highest BCUT2D eigenvalue weighted by Crippen LogP contribution is 2.36. The van der Waals surface area contributed by atoms with Gasteiger partial charge in [-0.2, -0.15) is 0 Å². The Kier molecular flexibility index (Phi) is 5.66. The third-order valence-electron chi connectivity index (χ3n) is 6.11. The van der Waals surface area contributed by atoms with Gasteiger partial charge >= 0.3 is 5.63 Å². The van der Waals surface area contributed by atoms with Crippen molar-refractivity contribution in [3.05, 3.63) is 74.1 Å². The number of piperidine rings is 1. The third-order valence-corrected chi connectivity index (χ3v) is 6.40. The molecular weight excluding hydrogens is 386 g/mol. The number of benzene rings is 2. The van der Waals surface area contributed by atoms with E-state index in [1.54, 1.807) is 6.07 Å². The smallest absolute Gasteiger partial charge is 0.340 e. The van der Waals surface area contributed by atoms with Crippen LogP contribution in [0.4, 0.5) is 0 Å². The van der Waals surface area contributed by atoms with E-state index in [1.807, 2.05) is 37.3 Å². The van der Waals surface area contributed by atoms with Gasteiger partial charge in [0.05, 0.1) is 23.7 Å². The Hall–Kier alpha value is -2.30. The Balaban J connectivity index is 1.80. The molecule has 0 amide bonds. The molecule has 1 saturated heterocycles. The molecule has 0 bridgehead atoms. The van der Waals surface area contributed by atoms with Crippen LogP contribution >= 0.6 is 11.6 Å². The molecule has 4 nitrogen and oxygen atoms in total. The van der Waals surface area contributed by atoms with Gasteiger partial charge in [0.15, 0.2) is 5.58 Å². The lowest BCUT2D eigenvalue weighted by Gasteiger charge is -2.28. The summed E-state index contributed by atoms with van der Waals surface area (Å²) in [4.78, 5) is 14.2. The lowest BCUT2D eigenvalue weighted by Crippen LogP contribution is -3.12. The maximum atomic E-state index is 12.9. The minimum atomic E-state index is -0.344.